The number of carbonyl (C=O) groups is 1. The van der Waals surface area contributed by atoms with Gasteiger partial charge in [-0.25, -0.2) is 9.07 Å². The van der Waals surface area contributed by atoms with Crippen molar-refractivity contribution >= 4 is 11.9 Å². The Balaban J connectivity index is 1.99. The van der Waals surface area contributed by atoms with Crippen molar-refractivity contribution in [1.29, 1.82) is 0 Å². The fourth-order valence-electron chi connectivity index (χ4n) is 2.67. The van der Waals surface area contributed by atoms with Crippen LogP contribution < -0.4 is 5.73 Å². The Morgan fingerprint density at radius 2 is 2.24 bits per heavy atom. The van der Waals surface area contributed by atoms with Crippen LogP contribution in [0.5, 0.6) is 5.75 Å². The topological polar surface area (TPSA) is 114 Å². The first kappa shape index (κ1) is 13.3. The molecule has 1 aliphatic rings. The van der Waals surface area contributed by atoms with Gasteiger partial charge in [0.2, 0.25) is 5.95 Å². The van der Waals surface area contributed by atoms with Crippen LogP contribution in [0.15, 0.2) is 18.2 Å². The number of carboxylic acids is 1. The first-order valence-corrected chi connectivity index (χ1v) is 6.37. The van der Waals surface area contributed by atoms with Crippen LogP contribution in [0.25, 0.3) is 0 Å². The van der Waals surface area contributed by atoms with Crippen molar-refractivity contribution in [3.8, 4) is 5.75 Å². The van der Waals surface area contributed by atoms with Gasteiger partial charge in [-0.2, -0.15) is 4.98 Å². The van der Waals surface area contributed by atoms with E-state index in [-0.39, 0.29) is 18.3 Å². The molecule has 0 saturated carbocycles. The van der Waals surface area contributed by atoms with Crippen molar-refractivity contribution in [2.24, 2.45) is 0 Å². The molecule has 1 aromatic carbocycles. The average molecular weight is 292 g/mol. The summed E-state index contributed by atoms with van der Waals surface area (Å²) >= 11 is 0. The lowest BCUT2D eigenvalue weighted by Crippen LogP contribution is -2.28. The standard InChI is InChI=1S/C13H13FN4O3/c14-9-4-6(1-2-10(9)19)7-3-8(12(20)21)11-16-13(15)17-18(11)5-7/h1-2,4,7-8,19H,3,5H2,(H2,15,17)(H,20,21). The third kappa shape index (κ3) is 2.28. The molecule has 0 amide bonds. The molecular weight excluding hydrogens is 279 g/mol. The van der Waals surface area contributed by atoms with E-state index < -0.39 is 23.5 Å². The summed E-state index contributed by atoms with van der Waals surface area (Å²) in [6.07, 6.45) is 0.275. The van der Waals surface area contributed by atoms with E-state index in [2.05, 4.69) is 10.1 Å². The SMILES string of the molecule is Nc1nc2n(n1)CC(c1ccc(O)c(F)c1)CC2C(=O)O. The summed E-state index contributed by atoms with van der Waals surface area (Å²) < 4.78 is 14.9. The summed E-state index contributed by atoms with van der Waals surface area (Å²) in [5.41, 5.74) is 6.13. The fourth-order valence-corrected chi connectivity index (χ4v) is 2.67. The predicted octanol–water partition coefficient (Wildman–Crippen LogP) is 1.06. The van der Waals surface area contributed by atoms with Crippen molar-refractivity contribution < 1.29 is 19.4 Å². The second kappa shape index (κ2) is 4.72. The molecule has 4 N–H and O–H groups in total. The van der Waals surface area contributed by atoms with Crippen molar-refractivity contribution in [2.75, 3.05) is 5.73 Å². The van der Waals surface area contributed by atoms with Crippen molar-refractivity contribution in [3.63, 3.8) is 0 Å². The van der Waals surface area contributed by atoms with Crippen LogP contribution in [0.3, 0.4) is 0 Å². The number of phenols is 1. The Morgan fingerprint density at radius 3 is 2.90 bits per heavy atom. The summed E-state index contributed by atoms with van der Waals surface area (Å²) in [6, 6.07) is 4.04. The number of fused-ring (bicyclic) bond motifs is 1. The van der Waals surface area contributed by atoms with Gasteiger partial charge in [-0.15, -0.1) is 5.10 Å². The highest BCUT2D eigenvalue weighted by Crippen LogP contribution is 2.36. The molecule has 2 atom stereocenters. The molecule has 0 bridgehead atoms. The summed E-state index contributed by atoms with van der Waals surface area (Å²) in [6.45, 7) is 0.369. The van der Waals surface area contributed by atoms with Crippen LogP contribution in [-0.2, 0) is 11.3 Å². The van der Waals surface area contributed by atoms with Gasteiger partial charge in [0.25, 0.3) is 0 Å². The number of hydrogen-bond acceptors (Lipinski definition) is 5. The van der Waals surface area contributed by atoms with Gasteiger partial charge in [0.05, 0.1) is 6.54 Å². The molecule has 0 aliphatic carbocycles. The largest absolute Gasteiger partial charge is 0.505 e. The Kier molecular flexibility index (Phi) is 3.00. The lowest BCUT2D eigenvalue weighted by molar-refractivity contribution is -0.139. The summed E-state index contributed by atoms with van der Waals surface area (Å²) in [5, 5.41) is 22.5. The maximum atomic E-state index is 13.5. The van der Waals surface area contributed by atoms with Crippen molar-refractivity contribution in [2.45, 2.75) is 24.8 Å². The van der Waals surface area contributed by atoms with Crippen LogP contribution in [0.1, 0.15) is 29.6 Å². The zero-order valence-corrected chi connectivity index (χ0v) is 10.9. The minimum absolute atomic E-state index is 0.0220. The molecule has 2 aromatic rings. The first-order valence-electron chi connectivity index (χ1n) is 6.37. The predicted molar refractivity (Wildman–Crippen MR) is 70.2 cm³/mol. The number of aromatic nitrogens is 3. The second-order valence-corrected chi connectivity index (χ2v) is 5.04. The molecule has 1 aliphatic heterocycles. The minimum atomic E-state index is -1.02. The molecular formula is C13H13FN4O3. The molecule has 1 aromatic heterocycles. The van der Waals surface area contributed by atoms with Crippen LogP contribution in [0.2, 0.25) is 0 Å². The number of nitrogens with two attached hydrogens (primary N) is 1. The summed E-state index contributed by atoms with van der Waals surface area (Å²) in [5.74, 6) is -2.93. The van der Waals surface area contributed by atoms with Crippen LogP contribution in [0, 0.1) is 5.82 Å². The third-order valence-electron chi connectivity index (χ3n) is 3.68. The maximum Gasteiger partial charge on any atom is 0.314 e. The lowest BCUT2D eigenvalue weighted by atomic mass is 9.85. The van der Waals surface area contributed by atoms with E-state index in [1.807, 2.05) is 0 Å². The highest BCUT2D eigenvalue weighted by atomic mass is 19.1. The number of benzene rings is 1. The molecule has 2 heterocycles. The zero-order valence-electron chi connectivity index (χ0n) is 10.9. The maximum absolute atomic E-state index is 13.5. The smallest absolute Gasteiger partial charge is 0.314 e. The Morgan fingerprint density at radius 1 is 1.48 bits per heavy atom. The van der Waals surface area contributed by atoms with Gasteiger partial charge >= 0.3 is 5.97 Å². The molecule has 0 radical (unpaired) electrons. The van der Waals surface area contributed by atoms with E-state index in [1.165, 1.54) is 16.8 Å². The quantitative estimate of drug-likeness (QED) is 0.762. The molecule has 21 heavy (non-hydrogen) atoms. The Hall–Kier alpha value is -2.64. The molecule has 110 valence electrons. The normalized spacial score (nSPS) is 21.0. The second-order valence-electron chi connectivity index (χ2n) is 5.04. The number of aromatic hydroxyl groups is 1. The number of carboxylic acid groups (broad SMARTS) is 1. The fraction of sp³-hybridized carbons (Fsp3) is 0.308. The van der Waals surface area contributed by atoms with Gasteiger partial charge in [-0.3, -0.25) is 4.79 Å². The summed E-state index contributed by atoms with van der Waals surface area (Å²) in [4.78, 5) is 15.3. The number of nitrogen functional groups attached to an aromatic ring is 1. The number of aliphatic carboxylic acids is 1. The van der Waals surface area contributed by atoms with E-state index in [9.17, 15) is 19.4 Å². The van der Waals surface area contributed by atoms with E-state index in [1.54, 1.807) is 6.07 Å². The van der Waals surface area contributed by atoms with Gasteiger partial charge in [-0.05, 0) is 24.1 Å². The zero-order chi connectivity index (χ0) is 15.1. The van der Waals surface area contributed by atoms with E-state index in [0.29, 0.717) is 17.9 Å². The van der Waals surface area contributed by atoms with Crippen LogP contribution >= 0.6 is 0 Å². The van der Waals surface area contributed by atoms with Crippen LogP contribution in [0.4, 0.5) is 10.3 Å². The summed E-state index contributed by atoms with van der Waals surface area (Å²) in [7, 11) is 0. The van der Waals surface area contributed by atoms with Gasteiger partial charge in [0.1, 0.15) is 11.7 Å². The number of rotatable bonds is 2. The highest BCUT2D eigenvalue weighted by molar-refractivity contribution is 5.75. The first-order chi connectivity index (χ1) is 9.95. The van der Waals surface area contributed by atoms with Gasteiger partial charge in [-0.1, -0.05) is 6.07 Å². The number of hydrogen-bond donors (Lipinski definition) is 3. The lowest BCUT2D eigenvalue weighted by Gasteiger charge is -2.27. The molecule has 7 nitrogen and oxygen atoms in total. The van der Waals surface area contributed by atoms with E-state index in [0.717, 1.165) is 0 Å². The highest BCUT2D eigenvalue weighted by Gasteiger charge is 2.35. The number of nitrogens with zero attached hydrogens (tertiary/aromatic N) is 3. The van der Waals surface area contributed by atoms with Crippen molar-refractivity contribution in [3.05, 3.63) is 35.4 Å². The number of phenolic OH excluding ortho intramolecular Hbond substituents is 1. The van der Waals surface area contributed by atoms with Gasteiger partial charge < -0.3 is 15.9 Å². The number of halogens is 1. The molecule has 2 unspecified atom stereocenters. The van der Waals surface area contributed by atoms with Crippen LogP contribution in [-0.4, -0.2) is 30.9 Å². The van der Waals surface area contributed by atoms with Gasteiger partial charge in [0, 0.05) is 5.92 Å². The Bertz CT molecular complexity index is 715. The average Bonchev–Trinajstić information content (AvgIpc) is 2.80. The van der Waals surface area contributed by atoms with E-state index in [4.69, 9.17) is 5.73 Å². The molecule has 0 saturated heterocycles. The minimum Gasteiger partial charge on any atom is -0.505 e. The Labute approximate surface area is 118 Å². The monoisotopic (exact) mass is 292 g/mol. The third-order valence-corrected chi connectivity index (χ3v) is 3.68. The molecule has 3 rings (SSSR count). The molecule has 0 spiro atoms. The molecule has 8 heteroatoms. The molecule has 0 fully saturated rings. The van der Waals surface area contributed by atoms with E-state index >= 15 is 0 Å². The number of anilines is 1. The van der Waals surface area contributed by atoms with Crippen molar-refractivity contribution in [1.82, 2.24) is 14.8 Å². The van der Waals surface area contributed by atoms with Gasteiger partial charge in [0.15, 0.2) is 11.6 Å².